The minimum absolute atomic E-state index is 0.0402. The molecule has 1 aliphatic rings. The second-order valence-electron chi connectivity index (χ2n) is 7.43. The van der Waals surface area contributed by atoms with Crippen LogP contribution < -0.4 is 9.64 Å². The van der Waals surface area contributed by atoms with Gasteiger partial charge in [0.05, 0.1) is 18.2 Å². The number of rotatable bonds is 6. The van der Waals surface area contributed by atoms with Crippen LogP contribution in [0.15, 0.2) is 84.4 Å². The quantitative estimate of drug-likeness (QED) is 0.296. The van der Waals surface area contributed by atoms with Gasteiger partial charge >= 0.3 is 0 Å². The third-order valence-electron chi connectivity index (χ3n) is 5.27. The number of anilines is 1. The van der Waals surface area contributed by atoms with E-state index in [2.05, 4.69) is 0 Å². The van der Waals surface area contributed by atoms with Gasteiger partial charge in [-0.15, -0.1) is 0 Å². The Balaban J connectivity index is 1.82. The normalized spacial score (nSPS) is 17.6. The minimum Gasteiger partial charge on any atom is -0.507 e. The van der Waals surface area contributed by atoms with Crippen LogP contribution in [-0.2, 0) is 9.59 Å². The standard InChI is InChI=1S/C26H22ClNO4/c1-2-16-32-21-14-8-18(9-15-21)24(29)22-23(17-6-4-3-5-7-17)28(26(31)25(22)30)20-12-10-19(27)11-13-20/h3-15,23,29H,2,16H2,1H3/b24-22+. The summed E-state index contributed by atoms with van der Waals surface area (Å²) < 4.78 is 5.59. The Morgan fingerprint density at radius 2 is 1.62 bits per heavy atom. The number of aliphatic hydroxyl groups is 1. The zero-order valence-electron chi connectivity index (χ0n) is 17.5. The molecule has 0 spiro atoms. The van der Waals surface area contributed by atoms with Crippen LogP contribution in [-0.4, -0.2) is 23.4 Å². The van der Waals surface area contributed by atoms with E-state index >= 15 is 0 Å². The molecule has 0 bridgehead atoms. The molecule has 162 valence electrons. The van der Waals surface area contributed by atoms with Crippen LogP contribution in [0.1, 0.15) is 30.5 Å². The summed E-state index contributed by atoms with van der Waals surface area (Å²) >= 11 is 6.01. The van der Waals surface area contributed by atoms with Crippen molar-refractivity contribution in [2.45, 2.75) is 19.4 Å². The average Bonchev–Trinajstić information content (AvgIpc) is 3.09. The van der Waals surface area contributed by atoms with E-state index in [4.69, 9.17) is 16.3 Å². The van der Waals surface area contributed by atoms with Crippen molar-refractivity contribution >= 4 is 34.7 Å². The van der Waals surface area contributed by atoms with Gasteiger partial charge in [-0.25, -0.2) is 0 Å². The summed E-state index contributed by atoms with van der Waals surface area (Å²) in [6.45, 7) is 2.61. The highest BCUT2D eigenvalue weighted by Gasteiger charge is 2.46. The molecule has 0 radical (unpaired) electrons. The topological polar surface area (TPSA) is 66.8 Å². The molecule has 1 saturated heterocycles. The van der Waals surface area contributed by atoms with Gasteiger partial charge < -0.3 is 9.84 Å². The van der Waals surface area contributed by atoms with Crippen molar-refractivity contribution in [2.24, 2.45) is 0 Å². The maximum Gasteiger partial charge on any atom is 0.300 e. The van der Waals surface area contributed by atoms with Gasteiger partial charge in [0.25, 0.3) is 11.7 Å². The van der Waals surface area contributed by atoms with Gasteiger partial charge in [-0.3, -0.25) is 14.5 Å². The van der Waals surface area contributed by atoms with E-state index in [0.717, 1.165) is 6.42 Å². The third-order valence-corrected chi connectivity index (χ3v) is 5.52. The molecule has 3 aromatic rings. The maximum absolute atomic E-state index is 13.1. The van der Waals surface area contributed by atoms with Crippen molar-refractivity contribution in [1.82, 2.24) is 0 Å². The Hall–Kier alpha value is -3.57. The van der Waals surface area contributed by atoms with E-state index in [0.29, 0.717) is 34.2 Å². The second-order valence-corrected chi connectivity index (χ2v) is 7.87. The molecular weight excluding hydrogens is 426 g/mol. The van der Waals surface area contributed by atoms with Crippen LogP contribution in [0.5, 0.6) is 5.75 Å². The summed E-state index contributed by atoms with van der Waals surface area (Å²) in [6, 6.07) is 21.9. The van der Waals surface area contributed by atoms with Gasteiger partial charge in [0.1, 0.15) is 11.5 Å². The number of hydrogen-bond acceptors (Lipinski definition) is 4. The van der Waals surface area contributed by atoms with Crippen LogP contribution in [0, 0.1) is 0 Å². The molecule has 1 fully saturated rings. The van der Waals surface area contributed by atoms with E-state index < -0.39 is 17.7 Å². The summed E-state index contributed by atoms with van der Waals surface area (Å²) in [7, 11) is 0. The molecule has 5 nitrogen and oxygen atoms in total. The highest BCUT2D eigenvalue weighted by molar-refractivity contribution is 6.51. The second kappa shape index (κ2) is 9.28. The van der Waals surface area contributed by atoms with E-state index in [1.807, 2.05) is 37.3 Å². The summed E-state index contributed by atoms with van der Waals surface area (Å²) in [5, 5.41) is 11.7. The van der Waals surface area contributed by atoms with Crippen molar-refractivity contribution in [1.29, 1.82) is 0 Å². The molecule has 0 aliphatic carbocycles. The van der Waals surface area contributed by atoms with Crippen molar-refractivity contribution in [3.05, 3.63) is 101 Å². The lowest BCUT2D eigenvalue weighted by Crippen LogP contribution is -2.29. The molecule has 1 aliphatic heterocycles. The first-order valence-corrected chi connectivity index (χ1v) is 10.7. The molecule has 1 amide bonds. The van der Waals surface area contributed by atoms with E-state index in [-0.39, 0.29) is 11.3 Å². The highest BCUT2D eigenvalue weighted by atomic mass is 35.5. The molecule has 1 N–H and O–H groups in total. The monoisotopic (exact) mass is 447 g/mol. The van der Waals surface area contributed by atoms with Crippen molar-refractivity contribution in [3.8, 4) is 5.75 Å². The first-order valence-electron chi connectivity index (χ1n) is 10.4. The predicted molar refractivity (Wildman–Crippen MR) is 125 cm³/mol. The van der Waals surface area contributed by atoms with E-state index in [1.54, 1.807) is 48.5 Å². The predicted octanol–water partition coefficient (Wildman–Crippen LogP) is 5.76. The molecular formula is C26H22ClNO4. The molecule has 0 aromatic heterocycles. The van der Waals surface area contributed by atoms with Crippen LogP contribution >= 0.6 is 11.6 Å². The van der Waals surface area contributed by atoms with Gasteiger partial charge in [0.15, 0.2) is 0 Å². The van der Waals surface area contributed by atoms with Crippen LogP contribution in [0.4, 0.5) is 5.69 Å². The number of Topliss-reactive ketones (excluding diaryl/α,β-unsaturated/α-hetero) is 1. The minimum atomic E-state index is -0.770. The van der Waals surface area contributed by atoms with Gasteiger partial charge in [-0.1, -0.05) is 48.9 Å². The molecule has 4 rings (SSSR count). The fourth-order valence-electron chi connectivity index (χ4n) is 3.74. The van der Waals surface area contributed by atoms with Gasteiger partial charge in [-0.05, 0) is 60.5 Å². The Morgan fingerprint density at radius 1 is 0.969 bits per heavy atom. The number of carbonyl (C=O) groups excluding carboxylic acids is 2. The van der Waals surface area contributed by atoms with Crippen LogP contribution in [0.3, 0.4) is 0 Å². The van der Waals surface area contributed by atoms with E-state index in [9.17, 15) is 14.7 Å². The van der Waals surface area contributed by atoms with Gasteiger partial charge in [-0.2, -0.15) is 0 Å². The SMILES string of the molecule is CCCOc1ccc(/C(O)=C2\C(=O)C(=O)N(c3ccc(Cl)cc3)C2c2ccccc2)cc1. The Labute approximate surface area is 191 Å². The van der Waals surface area contributed by atoms with Crippen LogP contribution in [0.2, 0.25) is 5.02 Å². The molecule has 3 aromatic carbocycles. The summed E-state index contributed by atoms with van der Waals surface area (Å²) in [5.74, 6) is -0.997. The largest absolute Gasteiger partial charge is 0.507 e. The number of aliphatic hydroxyl groups excluding tert-OH is 1. The molecule has 1 unspecified atom stereocenters. The van der Waals surface area contributed by atoms with Crippen molar-refractivity contribution in [2.75, 3.05) is 11.5 Å². The Morgan fingerprint density at radius 3 is 2.25 bits per heavy atom. The number of benzene rings is 3. The fraction of sp³-hybridized carbons (Fsp3) is 0.154. The van der Waals surface area contributed by atoms with Crippen LogP contribution in [0.25, 0.3) is 5.76 Å². The zero-order chi connectivity index (χ0) is 22.7. The fourth-order valence-corrected chi connectivity index (χ4v) is 3.86. The lowest BCUT2D eigenvalue weighted by Gasteiger charge is -2.25. The molecule has 32 heavy (non-hydrogen) atoms. The zero-order valence-corrected chi connectivity index (χ0v) is 18.3. The number of ether oxygens (including phenoxy) is 1. The van der Waals surface area contributed by atoms with Crippen molar-refractivity contribution in [3.63, 3.8) is 0 Å². The maximum atomic E-state index is 13.1. The van der Waals surface area contributed by atoms with Gasteiger partial charge in [0, 0.05) is 16.3 Å². The molecule has 0 saturated carbocycles. The number of nitrogens with zero attached hydrogens (tertiary/aromatic N) is 1. The average molecular weight is 448 g/mol. The molecule has 6 heteroatoms. The Bertz CT molecular complexity index is 1150. The summed E-state index contributed by atoms with van der Waals surface area (Å²) in [6.07, 6.45) is 0.882. The highest BCUT2D eigenvalue weighted by Crippen LogP contribution is 2.42. The van der Waals surface area contributed by atoms with Gasteiger partial charge in [0.2, 0.25) is 0 Å². The Kier molecular flexibility index (Phi) is 6.28. The lowest BCUT2D eigenvalue weighted by atomic mass is 9.95. The summed E-state index contributed by atoms with van der Waals surface area (Å²) in [5.41, 5.74) is 1.71. The number of ketones is 1. The molecule has 1 atom stereocenters. The van der Waals surface area contributed by atoms with Crippen molar-refractivity contribution < 1.29 is 19.4 Å². The first kappa shape index (κ1) is 21.7. The number of halogens is 1. The summed E-state index contributed by atoms with van der Waals surface area (Å²) in [4.78, 5) is 27.6. The number of carbonyl (C=O) groups is 2. The number of amides is 1. The smallest absolute Gasteiger partial charge is 0.300 e. The third kappa shape index (κ3) is 4.12. The molecule has 1 heterocycles. The first-order chi connectivity index (χ1) is 15.5. The lowest BCUT2D eigenvalue weighted by molar-refractivity contribution is -0.132. The number of hydrogen-bond donors (Lipinski definition) is 1. The van der Waals surface area contributed by atoms with E-state index in [1.165, 1.54) is 4.90 Å².